The predicted molar refractivity (Wildman–Crippen MR) is 178 cm³/mol. The minimum absolute atomic E-state index is 0. The van der Waals surface area contributed by atoms with E-state index in [2.05, 4.69) is 126 Å². The summed E-state index contributed by atoms with van der Waals surface area (Å²) in [4.78, 5) is 11.7. The summed E-state index contributed by atoms with van der Waals surface area (Å²) in [6, 6.07) is 0. The summed E-state index contributed by atoms with van der Waals surface area (Å²) in [5, 5.41) is 0. The van der Waals surface area contributed by atoms with Gasteiger partial charge in [0.2, 0.25) is 0 Å². The van der Waals surface area contributed by atoms with Gasteiger partial charge in [0.05, 0.1) is 9.74 Å². The highest BCUT2D eigenvalue weighted by Crippen LogP contribution is 2.48. The summed E-state index contributed by atoms with van der Waals surface area (Å²) in [6.07, 6.45) is 5.41. The van der Waals surface area contributed by atoms with Gasteiger partial charge in [-0.2, -0.15) is 0 Å². The molecule has 2 unspecified atom stereocenters. The fourth-order valence-corrected chi connectivity index (χ4v) is 10.4. The molecule has 4 nitrogen and oxygen atoms in total. The number of thioether (sulfide) groups is 2. The molecule has 0 aromatic rings. The van der Waals surface area contributed by atoms with Gasteiger partial charge in [0.15, 0.2) is 0 Å². The molecule has 0 amide bonds. The molecular weight excluding hydrogens is 505 g/mol. The predicted octanol–water partition coefficient (Wildman–Crippen LogP) is 8.12. The molecule has 0 radical (unpaired) electrons. The van der Waals surface area contributed by atoms with Crippen molar-refractivity contribution in [3.8, 4) is 0 Å². The highest BCUT2D eigenvalue weighted by Gasteiger charge is 2.51. The molecule has 2 spiro atoms. The average molecular weight is 573 g/mol. The van der Waals surface area contributed by atoms with Gasteiger partial charge in [-0.1, -0.05) is 14.9 Å². The zero-order chi connectivity index (χ0) is 27.2. The van der Waals surface area contributed by atoms with E-state index in [0.717, 1.165) is 0 Å². The van der Waals surface area contributed by atoms with Crippen molar-refractivity contribution in [1.29, 1.82) is 0 Å². The van der Waals surface area contributed by atoms with Gasteiger partial charge in [0.1, 0.15) is 0 Å². The topological polar surface area (TPSA) is 13.0 Å². The van der Waals surface area contributed by atoms with E-state index in [4.69, 9.17) is 0 Å². The van der Waals surface area contributed by atoms with Crippen LogP contribution in [0.3, 0.4) is 0 Å². The fraction of sp³-hybridized carbons (Fsp3) is 1.00. The van der Waals surface area contributed by atoms with E-state index < -0.39 is 0 Å². The summed E-state index contributed by atoms with van der Waals surface area (Å²) in [7, 11) is 0. The molecule has 228 valence electrons. The van der Waals surface area contributed by atoms with Crippen molar-refractivity contribution in [3.63, 3.8) is 0 Å². The Bertz CT molecular complexity index is 668. The van der Waals surface area contributed by atoms with Crippen LogP contribution in [0.5, 0.6) is 0 Å². The first kappa shape index (κ1) is 36.6. The van der Waals surface area contributed by atoms with Crippen LogP contribution in [-0.4, -0.2) is 102 Å². The van der Waals surface area contributed by atoms with Crippen LogP contribution in [0.1, 0.15) is 124 Å². The molecule has 0 aromatic carbocycles. The lowest BCUT2D eigenvalue weighted by Crippen LogP contribution is -2.62. The zero-order valence-corrected chi connectivity index (χ0v) is 27.7. The first-order valence-corrected chi connectivity index (χ1v) is 16.6. The third-order valence-electron chi connectivity index (χ3n) is 8.74. The molecule has 4 aliphatic rings. The van der Waals surface area contributed by atoms with Gasteiger partial charge in [-0.15, -0.1) is 23.5 Å². The first-order valence-electron chi connectivity index (χ1n) is 14.6. The van der Waals surface area contributed by atoms with Gasteiger partial charge in [-0.25, -0.2) is 0 Å². The van der Waals surface area contributed by atoms with Crippen molar-refractivity contribution in [1.82, 2.24) is 19.6 Å². The third kappa shape index (κ3) is 8.31. The molecule has 4 saturated heterocycles. The minimum Gasteiger partial charge on any atom is -0.296 e. The van der Waals surface area contributed by atoms with Crippen molar-refractivity contribution >= 4 is 23.5 Å². The second-order valence-corrected chi connectivity index (χ2v) is 18.5. The summed E-state index contributed by atoms with van der Waals surface area (Å²) >= 11 is 4.41. The number of likely N-dealkylation sites (tertiary alicyclic amines) is 2. The maximum Gasteiger partial charge on any atom is 0.0804 e. The van der Waals surface area contributed by atoms with E-state index in [9.17, 15) is 0 Å². The van der Waals surface area contributed by atoms with Crippen molar-refractivity contribution in [2.75, 3.05) is 50.8 Å². The van der Waals surface area contributed by atoms with Crippen molar-refractivity contribution in [2.45, 2.75) is 156 Å². The van der Waals surface area contributed by atoms with Crippen LogP contribution in [0.4, 0.5) is 0 Å². The van der Waals surface area contributed by atoms with Gasteiger partial charge in [-0.05, 0) is 122 Å². The van der Waals surface area contributed by atoms with E-state index in [1.807, 2.05) is 0 Å². The Morgan fingerprint density at radius 2 is 0.789 bits per heavy atom. The van der Waals surface area contributed by atoms with Crippen LogP contribution in [0.25, 0.3) is 0 Å². The summed E-state index contributed by atoms with van der Waals surface area (Å²) < 4.78 is 0. The molecular formula is C32H68N4S2. The molecule has 0 aliphatic carbocycles. The lowest BCUT2D eigenvalue weighted by molar-refractivity contribution is -0.00323. The van der Waals surface area contributed by atoms with E-state index >= 15 is 0 Å². The molecule has 4 heterocycles. The summed E-state index contributed by atoms with van der Waals surface area (Å²) in [5.41, 5.74) is 1.20. The highest BCUT2D eigenvalue weighted by molar-refractivity contribution is 8.01. The molecule has 4 rings (SSSR count). The van der Waals surface area contributed by atoms with Crippen LogP contribution in [-0.2, 0) is 0 Å². The van der Waals surface area contributed by atoms with E-state index in [1.165, 1.54) is 76.5 Å². The molecule has 38 heavy (non-hydrogen) atoms. The number of nitrogens with zero attached hydrogens (tertiary/aromatic N) is 4. The van der Waals surface area contributed by atoms with Gasteiger partial charge in [0.25, 0.3) is 0 Å². The lowest BCUT2D eigenvalue weighted by atomic mass is 9.93. The molecule has 0 bridgehead atoms. The number of hydrogen-bond donors (Lipinski definition) is 0. The van der Waals surface area contributed by atoms with Crippen LogP contribution in [0, 0.1) is 0 Å². The monoisotopic (exact) mass is 572 g/mol. The Hall–Kier alpha value is 0.540. The van der Waals surface area contributed by atoms with E-state index in [0.29, 0.717) is 31.9 Å². The maximum absolute atomic E-state index is 2.77. The van der Waals surface area contributed by atoms with Crippen LogP contribution < -0.4 is 0 Å². The molecule has 4 aliphatic heterocycles. The highest BCUT2D eigenvalue weighted by atomic mass is 32.2. The second-order valence-electron chi connectivity index (χ2n) is 15.6. The Morgan fingerprint density at radius 1 is 0.474 bits per heavy atom. The quantitative estimate of drug-likeness (QED) is 0.289. The Labute approximate surface area is 248 Å². The smallest absolute Gasteiger partial charge is 0.0804 e. The minimum atomic E-state index is 0. The SMILES string of the molecule is C.C.CC(C)(C)N1CCCC2(C1)SCCN2C(C)(C)C.CC(C)(C)N1CCCC2(C1)SCCN2C(C)(C)C. The molecule has 6 heteroatoms. The number of rotatable bonds is 0. The largest absolute Gasteiger partial charge is 0.296 e. The zero-order valence-electron chi connectivity index (χ0n) is 26.1. The molecule has 0 aromatic heterocycles. The van der Waals surface area contributed by atoms with E-state index in [-0.39, 0.29) is 14.9 Å². The van der Waals surface area contributed by atoms with Crippen LogP contribution in [0.2, 0.25) is 0 Å². The standard InChI is InChI=1S/2C15H30N2S.2CH4/c2*1-13(2,3)16-9-7-8-15(12-16)17(10-11-18-15)14(4,5)6;;/h2*7-12H2,1-6H3;2*1H4. The summed E-state index contributed by atoms with van der Waals surface area (Å²) in [6.45, 7) is 35.9. The second kappa shape index (κ2) is 12.8. The van der Waals surface area contributed by atoms with E-state index in [1.54, 1.807) is 0 Å². The van der Waals surface area contributed by atoms with Gasteiger partial charge >= 0.3 is 0 Å². The lowest BCUT2D eigenvalue weighted by Gasteiger charge is -2.53. The average Bonchev–Trinajstić information content (AvgIpc) is 3.31. The van der Waals surface area contributed by atoms with Crippen molar-refractivity contribution in [2.24, 2.45) is 0 Å². The van der Waals surface area contributed by atoms with Crippen molar-refractivity contribution in [3.05, 3.63) is 0 Å². The Morgan fingerprint density at radius 3 is 1.05 bits per heavy atom. The third-order valence-corrected chi connectivity index (χ3v) is 11.7. The Kier molecular flexibility index (Phi) is 12.3. The maximum atomic E-state index is 2.77. The Balaban J connectivity index is 0.000000361. The van der Waals surface area contributed by atoms with Crippen LogP contribution in [0.15, 0.2) is 0 Å². The van der Waals surface area contributed by atoms with Gasteiger partial charge in [0, 0.05) is 59.8 Å². The normalized spacial score (nSPS) is 30.6. The van der Waals surface area contributed by atoms with Crippen LogP contribution >= 0.6 is 23.5 Å². The number of hydrogen-bond acceptors (Lipinski definition) is 6. The summed E-state index contributed by atoms with van der Waals surface area (Å²) in [5.74, 6) is 2.60. The number of piperidine rings is 2. The van der Waals surface area contributed by atoms with Gasteiger partial charge in [-0.3, -0.25) is 19.6 Å². The first-order chi connectivity index (χ1) is 16.3. The molecule has 4 fully saturated rings. The van der Waals surface area contributed by atoms with Gasteiger partial charge < -0.3 is 0 Å². The van der Waals surface area contributed by atoms with Crippen molar-refractivity contribution < 1.29 is 0 Å². The molecule has 0 N–H and O–H groups in total. The molecule has 2 atom stereocenters. The fourth-order valence-electron chi connectivity index (χ4n) is 6.94. The molecule has 0 saturated carbocycles.